The topological polar surface area (TPSA) is 101 Å². The van der Waals surface area contributed by atoms with E-state index in [1.807, 2.05) is 0 Å². The molecule has 7 nitrogen and oxygen atoms in total. The van der Waals surface area contributed by atoms with Crippen LogP contribution in [-0.2, 0) is 0 Å². The maximum atomic E-state index is 12.5. The third-order valence-electron chi connectivity index (χ3n) is 6.78. The van der Waals surface area contributed by atoms with Crippen LogP contribution >= 0.6 is 23.9 Å². The van der Waals surface area contributed by atoms with Crippen LogP contribution in [0.4, 0.5) is 5.69 Å². The predicted molar refractivity (Wildman–Crippen MR) is 185 cm³/mol. The Bertz CT molecular complexity index is 1690. The number of rotatable bonds is 9. The molecule has 0 fully saturated rings. The Balaban J connectivity index is 0.000000186. The molecule has 0 radical (unpaired) electrons. The van der Waals surface area contributed by atoms with Gasteiger partial charge in [0, 0.05) is 35.4 Å². The molecule has 2 N–H and O–H groups in total. The molecule has 224 valence electrons. The van der Waals surface area contributed by atoms with Gasteiger partial charge in [0.2, 0.25) is 11.6 Å². The van der Waals surface area contributed by atoms with Crippen LogP contribution in [0.1, 0.15) is 37.6 Å². The van der Waals surface area contributed by atoms with E-state index in [1.165, 1.54) is 34.5 Å². The van der Waals surface area contributed by atoms with E-state index in [1.54, 1.807) is 24.3 Å². The van der Waals surface area contributed by atoms with Crippen molar-refractivity contribution < 1.29 is 14.4 Å². The van der Waals surface area contributed by atoms with Gasteiger partial charge in [0.25, 0.3) is 5.91 Å². The van der Waals surface area contributed by atoms with Gasteiger partial charge in [0.1, 0.15) is 12.0 Å². The number of amides is 1. The van der Waals surface area contributed by atoms with Gasteiger partial charge >= 0.3 is 0 Å². The Kier molecular flexibility index (Phi) is 11.1. The zero-order valence-corrected chi connectivity index (χ0v) is 26.7. The van der Waals surface area contributed by atoms with Crippen LogP contribution in [0.25, 0.3) is 0 Å². The number of carbonyl (C=O) groups is 3. The molecular weight excluding hydrogens is 647 g/mol. The van der Waals surface area contributed by atoms with Crippen molar-refractivity contribution >= 4 is 62.9 Å². The molecule has 45 heavy (non-hydrogen) atoms. The molecule has 1 amide bonds. The first-order valence-corrected chi connectivity index (χ1v) is 16.8. The molecule has 0 saturated heterocycles. The monoisotopic (exact) mass is 676 g/mol. The maximum Gasteiger partial charge on any atom is 0.251 e. The highest BCUT2D eigenvalue weighted by atomic mass is 79.9. The number of nitrogens with one attached hydrogen (secondary N) is 2. The van der Waals surface area contributed by atoms with E-state index in [9.17, 15) is 14.4 Å². The fourth-order valence-corrected chi connectivity index (χ4v) is 7.19. The second-order valence-electron chi connectivity index (χ2n) is 9.88. The standard InChI is InChI=1S/C18H15BrN4O3.C18H15P/c19-6-1-7-21-18(26)11-2-4-12(5-3-11)23-14-8-15(24)16-13(17(14)25)9-20-10-22-16;1-4-10-16(11-5-1)19(17-12-6-2-7-13-17)18-14-8-3-9-15-18/h2-5,8-10,23H,1,6-7H2,(H,21,26);1-15H. The van der Waals surface area contributed by atoms with E-state index in [-0.39, 0.29) is 34.4 Å². The first kappa shape index (κ1) is 31.6. The van der Waals surface area contributed by atoms with Crippen LogP contribution < -0.4 is 26.5 Å². The van der Waals surface area contributed by atoms with E-state index in [0.29, 0.717) is 17.8 Å². The minimum Gasteiger partial charge on any atom is -0.352 e. The Morgan fingerprint density at radius 3 is 1.84 bits per heavy atom. The zero-order chi connectivity index (χ0) is 31.4. The number of carbonyl (C=O) groups excluding carboxylic acids is 3. The summed E-state index contributed by atoms with van der Waals surface area (Å²) in [7, 11) is -0.446. The number of alkyl halides is 1. The van der Waals surface area contributed by atoms with Crippen LogP contribution in [0.5, 0.6) is 0 Å². The summed E-state index contributed by atoms with van der Waals surface area (Å²) < 4.78 is 0. The number of halogens is 1. The van der Waals surface area contributed by atoms with Crippen LogP contribution in [0.2, 0.25) is 0 Å². The molecule has 1 aromatic heterocycles. The Hall–Kier alpha value is -4.78. The Morgan fingerprint density at radius 1 is 0.756 bits per heavy atom. The third-order valence-corrected chi connectivity index (χ3v) is 9.78. The fourth-order valence-electron chi connectivity index (χ4n) is 4.60. The molecule has 9 heteroatoms. The second-order valence-corrected chi connectivity index (χ2v) is 12.9. The summed E-state index contributed by atoms with van der Waals surface area (Å²) in [4.78, 5) is 44.2. The highest BCUT2D eigenvalue weighted by molar-refractivity contribution is 9.09. The summed E-state index contributed by atoms with van der Waals surface area (Å²) in [6.45, 7) is 0.592. The normalized spacial score (nSPS) is 12.0. The number of hydrogen-bond donors (Lipinski definition) is 2. The molecule has 0 aliphatic heterocycles. The quantitative estimate of drug-likeness (QED) is 0.116. The molecule has 1 heterocycles. The summed E-state index contributed by atoms with van der Waals surface area (Å²) in [6, 6.07) is 39.0. The van der Waals surface area contributed by atoms with E-state index in [2.05, 4.69) is 128 Å². The van der Waals surface area contributed by atoms with Gasteiger partial charge in [-0.2, -0.15) is 0 Å². The van der Waals surface area contributed by atoms with Crippen molar-refractivity contribution in [3.05, 3.63) is 156 Å². The molecule has 0 unspecified atom stereocenters. The van der Waals surface area contributed by atoms with Crippen LogP contribution in [0, 0.1) is 0 Å². The second kappa shape index (κ2) is 15.8. The lowest BCUT2D eigenvalue weighted by molar-refractivity contribution is 0.0953. The average Bonchev–Trinajstić information content (AvgIpc) is 3.09. The first-order chi connectivity index (χ1) is 22.0. The van der Waals surface area contributed by atoms with Crippen LogP contribution in [0.15, 0.2) is 140 Å². The number of allylic oxidation sites excluding steroid dienone is 2. The van der Waals surface area contributed by atoms with Gasteiger partial charge in [0.05, 0.1) is 11.3 Å². The van der Waals surface area contributed by atoms with E-state index < -0.39 is 7.92 Å². The van der Waals surface area contributed by atoms with E-state index >= 15 is 0 Å². The lowest BCUT2D eigenvalue weighted by atomic mass is 9.98. The van der Waals surface area contributed by atoms with Gasteiger partial charge in [-0.05, 0) is 54.5 Å². The molecular formula is C36H30BrN4O3P. The lowest BCUT2D eigenvalue weighted by Gasteiger charge is -2.18. The average molecular weight is 678 g/mol. The van der Waals surface area contributed by atoms with Crippen molar-refractivity contribution in [3.63, 3.8) is 0 Å². The van der Waals surface area contributed by atoms with Gasteiger partial charge in [-0.15, -0.1) is 0 Å². The van der Waals surface area contributed by atoms with Crippen molar-refractivity contribution in [2.45, 2.75) is 6.42 Å². The Labute approximate surface area is 271 Å². The molecule has 0 saturated carbocycles. The number of benzene rings is 4. The molecule has 0 bridgehead atoms. The minimum atomic E-state index is -0.446. The van der Waals surface area contributed by atoms with Crippen molar-refractivity contribution in [2.75, 3.05) is 17.2 Å². The summed E-state index contributed by atoms with van der Waals surface area (Å²) >= 11 is 3.31. The largest absolute Gasteiger partial charge is 0.352 e. The third kappa shape index (κ3) is 8.24. The highest BCUT2D eigenvalue weighted by Crippen LogP contribution is 2.32. The van der Waals surface area contributed by atoms with E-state index in [0.717, 1.165) is 11.8 Å². The van der Waals surface area contributed by atoms with E-state index in [4.69, 9.17) is 0 Å². The zero-order valence-electron chi connectivity index (χ0n) is 24.3. The van der Waals surface area contributed by atoms with Gasteiger partial charge in [-0.3, -0.25) is 14.4 Å². The van der Waals surface area contributed by atoms with Crippen molar-refractivity contribution in [1.29, 1.82) is 0 Å². The van der Waals surface area contributed by atoms with Gasteiger partial charge in [-0.25, -0.2) is 9.97 Å². The molecule has 6 rings (SSSR count). The number of aromatic nitrogens is 2. The summed E-state index contributed by atoms with van der Waals surface area (Å²) in [5.74, 6) is -0.865. The van der Waals surface area contributed by atoms with Gasteiger partial charge < -0.3 is 10.6 Å². The molecule has 1 aliphatic rings. The molecule has 0 spiro atoms. The van der Waals surface area contributed by atoms with Crippen molar-refractivity contribution in [1.82, 2.24) is 15.3 Å². The SMILES string of the molecule is O=C(NCCCBr)c1ccc(NC2=CC(=O)c3ncncc3C2=O)cc1.c1ccc(P(c2ccccc2)c2ccccc2)cc1. The van der Waals surface area contributed by atoms with Gasteiger partial charge in [-0.1, -0.05) is 107 Å². The number of fused-ring (bicyclic) bond motifs is 1. The van der Waals surface area contributed by atoms with Crippen molar-refractivity contribution in [3.8, 4) is 0 Å². The van der Waals surface area contributed by atoms with Crippen LogP contribution in [-0.4, -0.2) is 39.3 Å². The summed E-state index contributed by atoms with van der Waals surface area (Å²) in [6.07, 6.45) is 4.63. The molecule has 1 aliphatic carbocycles. The minimum absolute atomic E-state index is 0.103. The molecule has 5 aromatic rings. The smallest absolute Gasteiger partial charge is 0.251 e. The highest BCUT2D eigenvalue weighted by Gasteiger charge is 2.27. The van der Waals surface area contributed by atoms with Gasteiger partial charge in [0.15, 0.2) is 0 Å². The first-order valence-electron chi connectivity index (χ1n) is 14.3. The fraction of sp³-hybridized carbons (Fsp3) is 0.0833. The number of anilines is 1. The predicted octanol–water partition coefficient (Wildman–Crippen LogP) is 5.81. The molecule has 0 atom stereocenters. The number of hydrogen-bond acceptors (Lipinski definition) is 6. The number of Topliss-reactive ketones (excluding diaryl/α,β-unsaturated/α-hetero) is 1. The maximum absolute atomic E-state index is 12.5. The Morgan fingerprint density at radius 2 is 1.31 bits per heavy atom. The summed E-state index contributed by atoms with van der Waals surface area (Å²) in [5.41, 5.74) is 1.53. The lowest BCUT2D eigenvalue weighted by Crippen LogP contribution is -2.24. The van der Waals surface area contributed by atoms with Crippen molar-refractivity contribution in [2.24, 2.45) is 0 Å². The number of nitrogens with zero attached hydrogens (tertiary/aromatic N) is 2. The summed E-state index contributed by atoms with van der Waals surface area (Å²) in [5, 5.41) is 10.7. The number of ketones is 2. The van der Waals surface area contributed by atoms with Crippen LogP contribution in [0.3, 0.4) is 0 Å². The molecule has 4 aromatic carbocycles.